The zero-order valence-electron chi connectivity index (χ0n) is 17.8. The van der Waals surface area contributed by atoms with Crippen LogP contribution in [0.4, 0.5) is 0 Å². The van der Waals surface area contributed by atoms with Crippen molar-refractivity contribution in [1.29, 1.82) is 0 Å². The Hall–Kier alpha value is -2.56. The quantitative estimate of drug-likeness (QED) is 0.435. The Morgan fingerprint density at radius 3 is 2.06 bits per heavy atom. The van der Waals surface area contributed by atoms with E-state index in [-0.39, 0.29) is 17.7 Å². The van der Waals surface area contributed by atoms with Crippen molar-refractivity contribution in [3.05, 3.63) is 94.2 Å². The van der Waals surface area contributed by atoms with Crippen molar-refractivity contribution in [3.63, 3.8) is 0 Å². The second-order valence-electron chi connectivity index (χ2n) is 8.00. The van der Waals surface area contributed by atoms with Crippen LogP contribution >= 0.6 is 23.2 Å². The molecule has 1 heterocycles. The molecule has 0 aliphatic rings. The van der Waals surface area contributed by atoms with Gasteiger partial charge in [-0.05, 0) is 79.4 Å². The van der Waals surface area contributed by atoms with Crippen LogP contribution in [0.5, 0.6) is 5.75 Å². The molecule has 2 aromatic carbocycles. The summed E-state index contributed by atoms with van der Waals surface area (Å²) in [7, 11) is 0. The van der Waals surface area contributed by atoms with Crippen molar-refractivity contribution in [2.45, 2.75) is 38.2 Å². The molecule has 0 aliphatic carbocycles. The lowest BCUT2D eigenvalue weighted by Crippen LogP contribution is -2.47. The van der Waals surface area contributed by atoms with Gasteiger partial charge in [0.2, 0.25) is 0 Å². The average Bonchev–Trinajstić information content (AvgIpc) is 2.76. The molecule has 162 valence electrons. The van der Waals surface area contributed by atoms with Gasteiger partial charge >= 0.3 is 0 Å². The van der Waals surface area contributed by atoms with E-state index in [9.17, 15) is 4.79 Å². The average molecular weight is 457 g/mol. The lowest BCUT2D eigenvalue weighted by molar-refractivity contribution is -0.134. The molecular weight excluding hydrogens is 431 g/mol. The highest BCUT2D eigenvalue weighted by Gasteiger charge is 2.31. The number of halogens is 2. The first-order chi connectivity index (χ1) is 14.8. The van der Waals surface area contributed by atoms with Gasteiger partial charge in [0.25, 0.3) is 5.91 Å². The number of aromatic nitrogens is 1. The van der Waals surface area contributed by atoms with Crippen molar-refractivity contribution in [2.24, 2.45) is 0 Å². The van der Waals surface area contributed by atoms with E-state index in [1.807, 2.05) is 36.4 Å². The molecule has 0 saturated carbocycles. The second kappa shape index (κ2) is 10.2. The Morgan fingerprint density at radius 1 is 0.935 bits per heavy atom. The third-order valence-corrected chi connectivity index (χ3v) is 5.85. The number of carbonyl (C=O) groups excluding carboxylic acids is 1. The van der Waals surface area contributed by atoms with E-state index in [0.29, 0.717) is 22.3 Å². The van der Waals surface area contributed by atoms with Crippen LogP contribution in [0.15, 0.2) is 73.1 Å². The van der Waals surface area contributed by atoms with Crippen LogP contribution < -0.4 is 10.1 Å². The number of nitrogens with zero attached hydrogens (tertiary/aromatic N) is 1. The summed E-state index contributed by atoms with van der Waals surface area (Å²) in [6.45, 7) is 6.11. The van der Waals surface area contributed by atoms with E-state index in [4.69, 9.17) is 27.9 Å². The molecule has 3 rings (SSSR count). The highest BCUT2D eigenvalue weighted by Crippen LogP contribution is 2.33. The van der Waals surface area contributed by atoms with Gasteiger partial charge in [0.1, 0.15) is 5.75 Å². The van der Waals surface area contributed by atoms with E-state index in [0.717, 1.165) is 11.1 Å². The molecule has 1 aromatic heterocycles. The zero-order valence-corrected chi connectivity index (χ0v) is 19.3. The van der Waals surface area contributed by atoms with Gasteiger partial charge in [-0.15, -0.1) is 0 Å². The minimum absolute atomic E-state index is 0.0551. The smallest absolute Gasteiger partial charge is 0.263 e. The highest BCUT2D eigenvalue weighted by molar-refractivity contribution is 6.30. The molecule has 3 aromatic rings. The minimum atomic E-state index is -1.04. The van der Waals surface area contributed by atoms with Crippen LogP contribution in [0.2, 0.25) is 10.0 Å². The molecule has 0 saturated heterocycles. The molecule has 0 bridgehead atoms. The van der Waals surface area contributed by atoms with Crippen LogP contribution in [-0.4, -0.2) is 23.0 Å². The first kappa shape index (κ1) is 23.1. The lowest BCUT2D eigenvalue weighted by atomic mass is 9.83. The zero-order chi connectivity index (χ0) is 22.4. The summed E-state index contributed by atoms with van der Waals surface area (Å²) >= 11 is 12.0. The van der Waals surface area contributed by atoms with Crippen LogP contribution in [0.1, 0.15) is 43.7 Å². The van der Waals surface area contributed by atoms with E-state index in [2.05, 4.69) is 17.2 Å². The number of hydrogen-bond donors (Lipinski definition) is 1. The Morgan fingerprint density at radius 2 is 1.48 bits per heavy atom. The van der Waals surface area contributed by atoms with Crippen molar-refractivity contribution in [2.75, 3.05) is 6.54 Å². The predicted octanol–water partition coefficient (Wildman–Crippen LogP) is 6.25. The number of hydrogen-bond acceptors (Lipinski definition) is 3. The second-order valence-corrected chi connectivity index (χ2v) is 8.88. The van der Waals surface area contributed by atoms with Gasteiger partial charge in [-0.3, -0.25) is 9.78 Å². The van der Waals surface area contributed by atoms with E-state index < -0.39 is 5.60 Å². The molecule has 1 amide bonds. The van der Waals surface area contributed by atoms with Crippen LogP contribution in [0.3, 0.4) is 0 Å². The third-order valence-electron chi connectivity index (χ3n) is 5.35. The van der Waals surface area contributed by atoms with Gasteiger partial charge in [0.05, 0.1) is 0 Å². The first-order valence-electron chi connectivity index (χ1n) is 10.1. The Kier molecular flexibility index (Phi) is 7.58. The van der Waals surface area contributed by atoms with E-state index in [1.165, 1.54) is 0 Å². The lowest BCUT2D eigenvalue weighted by Gasteiger charge is -2.29. The summed E-state index contributed by atoms with van der Waals surface area (Å²) in [6, 6.07) is 18.8. The predicted molar refractivity (Wildman–Crippen MR) is 126 cm³/mol. The third kappa shape index (κ3) is 6.22. The summed E-state index contributed by atoms with van der Waals surface area (Å²) in [5.74, 6) is 0.606. The van der Waals surface area contributed by atoms with Crippen LogP contribution in [0.25, 0.3) is 0 Å². The number of benzene rings is 2. The number of carbonyl (C=O) groups is 1. The number of pyridine rings is 1. The molecule has 31 heavy (non-hydrogen) atoms. The Balaban J connectivity index is 1.74. The monoisotopic (exact) mass is 456 g/mol. The number of amides is 1. The van der Waals surface area contributed by atoms with Crippen LogP contribution in [0, 0.1) is 0 Å². The standard InChI is InChI=1S/C25H26Cl2N2O2/c1-17(18-4-6-20(26)7-5-18)23(19-12-14-28-15-13-19)16-29-24(30)25(2,3)31-22-10-8-21(27)9-11-22/h4-15,17,23H,16H2,1-3H3,(H,29,30). The SMILES string of the molecule is CC(c1ccc(Cl)cc1)C(CNC(=O)C(C)(C)Oc1ccc(Cl)cc1)c1ccncc1. The topological polar surface area (TPSA) is 51.2 Å². The molecule has 0 spiro atoms. The Bertz CT molecular complexity index is 990. The van der Waals surface area contributed by atoms with Crippen molar-refractivity contribution >= 4 is 29.1 Å². The highest BCUT2D eigenvalue weighted by atomic mass is 35.5. The molecule has 6 heteroatoms. The van der Waals surface area contributed by atoms with Gasteiger partial charge in [0, 0.05) is 34.9 Å². The van der Waals surface area contributed by atoms with Crippen molar-refractivity contribution in [3.8, 4) is 5.75 Å². The molecule has 0 aliphatic heterocycles. The van der Waals surface area contributed by atoms with Gasteiger partial charge in [-0.25, -0.2) is 0 Å². The Labute approximate surface area is 193 Å². The van der Waals surface area contributed by atoms with Gasteiger partial charge < -0.3 is 10.1 Å². The molecule has 2 unspecified atom stereocenters. The van der Waals surface area contributed by atoms with Crippen LogP contribution in [-0.2, 0) is 4.79 Å². The maximum atomic E-state index is 13.0. The van der Waals surface area contributed by atoms with Gasteiger partial charge in [-0.1, -0.05) is 42.3 Å². The molecule has 2 atom stereocenters. The maximum Gasteiger partial charge on any atom is 0.263 e. The number of nitrogens with one attached hydrogen (secondary N) is 1. The summed E-state index contributed by atoms with van der Waals surface area (Å²) in [6.07, 6.45) is 3.54. The fourth-order valence-corrected chi connectivity index (χ4v) is 3.70. The number of rotatable bonds is 8. The molecule has 0 radical (unpaired) electrons. The molecule has 0 fully saturated rings. The molecule has 1 N–H and O–H groups in total. The maximum absolute atomic E-state index is 13.0. The molecular formula is C25H26Cl2N2O2. The van der Waals surface area contributed by atoms with E-state index in [1.54, 1.807) is 50.5 Å². The largest absolute Gasteiger partial charge is 0.478 e. The first-order valence-corrected chi connectivity index (χ1v) is 10.9. The normalized spacial score (nSPS) is 13.3. The van der Waals surface area contributed by atoms with Crippen molar-refractivity contribution < 1.29 is 9.53 Å². The fraction of sp³-hybridized carbons (Fsp3) is 0.280. The summed E-state index contributed by atoms with van der Waals surface area (Å²) in [5, 5.41) is 4.40. The van der Waals surface area contributed by atoms with Crippen molar-refractivity contribution in [1.82, 2.24) is 10.3 Å². The number of ether oxygens (including phenoxy) is 1. The van der Waals surface area contributed by atoms with Gasteiger partial charge in [0.15, 0.2) is 5.60 Å². The van der Waals surface area contributed by atoms with E-state index >= 15 is 0 Å². The summed E-state index contributed by atoms with van der Waals surface area (Å²) in [4.78, 5) is 17.1. The minimum Gasteiger partial charge on any atom is -0.478 e. The summed E-state index contributed by atoms with van der Waals surface area (Å²) in [5.41, 5.74) is 1.21. The summed E-state index contributed by atoms with van der Waals surface area (Å²) < 4.78 is 5.92. The van der Waals surface area contributed by atoms with Gasteiger partial charge in [-0.2, -0.15) is 0 Å². The fourth-order valence-electron chi connectivity index (χ4n) is 3.45. The molecule has 4 nitrogen and oxygen atoms in total.